The first-order valence-electron chi connectivity index (χ1n) is 11.3. The first-order valence-corrected chi connectivity index (χ1v) is 11.3. The molecule has 1 aromatic heterocycles. The van der Waals surface area contributed by atoms with Crippen molar-refractivity contribution in [3.8, 4) is 0 Å². The SMILES string of the molecule is O=C(Nc1c(C(=O)N2CCOCC2)oc2ccccc12)C1=NN(Cc2ccc(F)cc2)C(=O)CC1. The van der Waals surface area contributed by atoms with E-state index in [1.54, 1.807) is 41.3 Å². The minimum Gasteiger partial charge on any atom is -0.449 e. The third-order valence-corrected chi connectivity index (χ3v) is 5.94. The summed E-state index contributed by atoms with van der Waals surface area (Å²) in [6.07, 6.45) is 0.270. The zero-order valence-corrected chi connectivity index (χ0v) is 18.8. The molecule has 2 aromatic carbocycles. The molecule has 10 heteroatoms. The second kappa shape index (κ2) is 9.67. The number of furan rings is 1. The molecule has 0 aliphatic carbocycles. The summed E-state index contributed by atoms with van der Waals surface area (Å²) >= 11 is 0. The Kier molecular flexibility index (Phi) is 6.28. The Morgan fingerprint density at radius 2 is 1.77 bits per heavy atom. The summed E-state index contributed by atoms with van der Waals surface area (Å²) in [5.74, 6) is -1.43. The lowest BCUT2D eigenvalue weighted by Crippen LogP contribution is -2.41. The molecule has 0 bridgehead atoms. The number of para-hydroxylation sites is 1. The quantitative estimate of drug-likeness (QED) is 0.607. The van der Waals surface area contributed by atoms with Crippen molar-refractivity contribution in [2.75, 3.05) is 31.6 Å². The number of hydrogen-bond acceptors (Lipinski definition) is 6. The summed E-state index contributed by atoms with van der Waals surface area (Å²) in [7, 11) is 0. The van der Waals surface area contributed by atoms with Crippen LogP contribution in [0.3, 0.4) is 0 Å². The summed E-state index contributed by atoms with van der Waals surface area (Å²) < 4.78 is 24.4. The van der Waals surface area contributed by atoms with Gasteiger partial charge in [-0.3, -0.25) is 14.4 Å². The smallest absolute Gasteiger partial charge is 0.291 e. The van der Waals surface area contributed by atoms with Crippen molar-refractivity contribution in [3.05, 3.63) is 65.7 Å². The Morgan fingerprint density at radius 1 is 1.03 bits per heavy atom. The van der Waals surface area contributed by atoms with Gasteiger partial charge < -0.3 is 19.4 Å². The van der Waals surface area contributed by atoms with Crippen LogP contribution in [0.2, 0.25) is 0 Å². The van der Waals surface area contributed by atoms with E-state index in [2.05, 4.69) is 10.4 Å². The predicted molar refractivity (Wildman–Crippen MR) is 125 cm³/mol. The van der Waals surface area contributed by atoms with Crippen LogP contribution in [-0.2, 0) is 20.9 Å². The Balaban J connectivity index is 1.41. The fraction of sp³-hybridized carbons (Fsp3) is 0.280. The second-order valence-electron chi connectivity index (χ2n) is 8.29. The fourth-order valence-electron chi connectivity index (χ4n) is 4.07. The van der Waals surface area contributed by atoms with Crippen molar-refractivity contribution in [2.24, 2.45) is 5.10 Å². The molecule has 3 aromatic rings. The van der Waals surface area contributed by atoms with Crippen LogP contribution in [0.5, 0.6) is 0 Å². The molecule has 0 radical (unpaired) electrons. The molecule has 180 valence electrons. The number of morpholine rings is 1. The van der Waals surface area contributed by atoms with Crippen molar-refractivity contribution < 1.29 is 27.9 Å². The van der Waals surface area contributed by atoms with Crippen LogP contribution in [-0.4, -0.2) is 59.6 Å². The first kappa shape index (κ1) is 22.7. The molecule has 35 heavy (non-hydrogen) atoms. The third kappa shape index (κ3) is 4.78. The first-order chi connectivity index (χ1) is 17.0. The molecule has 0 unspecified atom stereocenters. The number of anilines is 1. The predicted octanol–water partition coefficient (Wildman–Crippen LogP) is 3.16. The van der Waals surface area contributed by atoms with Crippen molar-refractivity contribution in [3.63, 3.8) is 0 Å². The van der Waals surface area contributed by atoms with Crippen molar-refractivity contribution in [2.45, 2.75) is 19.4 Å². The molecule has 9 nitrogen and oxygen atoms in total. The number of benzene rings is 2. The molecule has 1 N–H and O–H groups in total. The molecule has 1 fully saturated rings. The van der Waals surface area contributed by atoms with Crippen LogP contribution >= 0.6 is 0 Å². The van der Waals surface area contributed by atoms with E-state index < -0.39 is 5.91 Å². The van der Waals surface area contributed by atoms with Crippen LogP contribution in [0.4, 0.5) is 10.1 Å². The number of fused-ring (bicyclic) bond motifs is 1. The number of nitrogens with one attached hydrogen (secondary N) is 1. The fourth-order valence-corrected chi connectivity index (χ4v) is 4.07. The van der Waals surface area contributed by atoms with Gasteiger partial charge in [0.1, 0.15) is 22.8 Å². The van der Waals surface area contributed by atoms with Gasteiger partial charge in [-0.2, -0.15) is 5.10 Å². The molecule has 3 heterocycles. The highest BCUT2D eigenvalue weighted by molar-refractivity contribution is 6.44. The highest BCUT2D eigenvalue weighted by atomic mass is 19.1. The molecule has 5 rings (SSSR count). The average Bonchev–Trinajstić information content (AvgIpc) is 3.25. The topological polar surface area (TPSA) is 104 Å². The van der Waals surface area contributed by atoms with Gasteiger partial charge in [0, 0.05) is 31.3 Å². The molecular formula is C25H23FN4O5. The second-order valence-corrected chi connectivity index (χ2v) is 8.29. The number of nitrogens with zero attached hydrogens (tertiary/aromatic N) is 3. The number of carbonyl (C=O) groups excluding carboxylic acids is 3. The lowest BCUT2D eigenvalue weighted by molar-refractivity contribution is -0.132. The molecule has 1 saturated heterocycles. The van der Waals surface area contributed by atoms with Crippen LogP contribution < -0.4 is 5.32 Å². The average molecular weight is 478 g/mol. The number of ether oxygens (including phenoxy) is 1. The number of amides is 3. The summed E-state index contributed by atoms with van der Waals surface area (Å²) in [5, 5.41) is 8.86. The van der Waals surface area contributed by atoms with Gasteiger partial charge in [0.05, 0.1) is 19.8 Å². The molecule has 0 atom stereocenters. The maximum Gasteiger partial charge on any atom is 0.291 e. The monoisotopic (exact) mass is 478 g/mol. The number of hydrogen-bond donors (Lipinski definition) is 1. The molecule has 2 aliphatic heterocycles. The van der Waals surface area contributed by atoms with Gasteiger partial charge in [0.25, 0.3) is 11.8 Å². The Morgan fingerprint density at radius 3 is 2.54 bits per heavy atom. The Bertz CT molecular complexity index is 1310. The maximum absolute atomic E-state index is 13.2. The van der Waals surface area contributed by atoms with Gasteiger partial charge in [0.15, 0.2) is 0 Å². The van der Waals surface area contributed by atoms with E-state index in [0.29, 0.717) is 42.8 Å². The van der Waals surface area contributed by atoms with Crippen LogP contribution in [0.15, 0.2) is 58.0 Å². The van der Waals surface area contributed by atoms with Gasteiger partial charge in [-0.15, -0.1) is 0 Å². The number of hydrazone groups is 1. The Hall–Kier alpha value is -4.05. The maximum atomic E-state index is 13.2. The molecule has 0 saturated carbocycles. The molecular weight excluding hydrogens is 455 g/mol. The highest BCUT2D eigenvalue weighted by Crippen LogP contribution is 2.32. The van der Waals surface area contributed by atoms with Gasteiger partial charge in [0.2, 0.25) is 11.7 Å². The molecule has 0 spiro atoms. The minimum atomic E-state index is -0.524. The van der Waals surface area contributed by atoms with Gasteiger partial charge in [-0.05, 0) is 29.8 Å². The molecule has 3 amide bonds. The number of rotatable bonds is 5. The standard InChI is InChI=1S/C25H23FN4O5/c26-17-7-5-16(6-8-17)15-30-21(31)10-9-19(28-30)24(32)27-22-18-3-1-2-4-20(18)35-23(22)25(33)29-11-13-34-14-12-29/h1-8H,9-15H2,(H,27,32). The van der Waals surface area contributed by atoms with Crippen molar-refractivity contribution >= 4 is 40.1 Å². The van der Waals surface area contributed by atoms with Crippen LogP contribution in [0.1, 0.15) is 29.0 Å². The van der Waals surface area contributed by atoms with E-state index in [-0.39, 0.29) is 54.2 Å². The largest absolute Gasteiger partial charge is 0.449 e. The summed E-state index contributed by atoms with van der Waals surface area (Å²) in [5.41, 5.74) is 1.58. The van der Waals surface area contributed by atoms with E-state index in [9.17, 15) is 18.8 Å². The van der Waals surface area contributed by atoms with Gasteiger partial charge in [-0.1, -0.05) is 24.3 Å². The van der Waals surface area contributed by atoms with E-state index in [1.165, 1.54) is 17.1 Å². The lowest BCUT2D eigenvalue weighted by Gasteiger charge is -2.26. The summed E-state index contributed by atoms with van der Waals surface area (Å²) in [6, 6.07) is 12.8. The summed E-state index contributed by atoms with van der Waals surface area (Å²) in [4.78, 5) is 40.4. The minimum absolute atomic E-state index is 0.0390. The van der Waals surface area contributed by atoms with Gasteiger partial charge in [-0.25, -0.2) is 9.40 Å². The Labute approximate surface area is 200 Å². The summed E-state index contributed by atoms with van der Waals surface area (Å²) in [6.45, 7) is 1.84. The van der Waals surface area contributed by atoms with E-state index in [4.69, 9.17) is 9.15 Å². The van der Waals surface area contributed by atoms with Gasteiger partial charge >= 0.3 is 0 Å². The highest BCUT2D eigenvalue weighted by Gasteiger charge is 2.30. The third-order valence-electron chi connectivity index (χ3n) is 5.94. The number of halogens is 1. The van der Waals surface area contributed by atoms with Crippen molar-refractivity contribution in [1.29, 1.82) is 0 Å². The number of carbonyl (C=O) groups is 3. The van der Waals surface area contributed by atoms with E-state index in [0.717, 1.165) is 0 Å². The lowest BCUT2D eigenvalue weighted by atomic mass is 10.1. The van der Waals surface area contributed by atoms with Crippen molar-refractivity contribution in [1.82, 2.24) is 9.91 Å². The van der Waals surface area contributed by atoms with E-state index >= 15 is 0 Å². The normalized spacial score (nSPS) is 16.4. The zero-order chi connectivity index (χ0) is 24.4. The zero-order valence-electron chi connectivity index (χ0n) is 18.8. The van der Waals surface area contributed by atoms with E-state index in [1.807, 2.05) is 0 Å². The van der Waals surface area contributed by atoms with Crippen LogP contribution in [0, 0.1) is 5.82 Å². The van der Waals surface area contributed by atoms with Crippen LogP contribution in [0.25, 0.3) is 11.0 Å². The molecule has 2 aliphatic rings.